The van der Waals surface area contributed by atoms with Crippen molar-refractivity contribution in [3.8, 4) is 0 Å². The van der Waals surface area contributed by atoms with E-state index in [1.54, 1.807) is 6.26 Å². The second-order valence-corrected chi connectivity index (χ2v) is 4.83. The van der Waals surface area contributed by atoms with Gasteiger partial charge in [0, 0.05) is 24.3 Å². The zero-order valence-corrected chi connectivity index (χ0v) is 11.7. The van der Waals surface area contributed by atoms with E-state index in [-0.39, 0.29) is 12.1 Å². The van der Waals surface area contributed by atoms with Crippen LogP contribution in [0.1, 0.15) is 48.6 Å². The third-order valence-electron chi connectivity index (χ3n) is 3.47. The maximum atomic E-state index is 5.41. The van der Waals surface area contributed by atoms with E-state index in [9.17, 15) is 0 Å². The number of hydrogen-bond donors (Lipinski definition) is 1. The number of nitrogens with zero attached hydrogens (tertiary/aromatic N) is 2. The van der Waals surface area contributed by atoms with Gasteiger partial charge in [0.2, 0.25) is 0 Å². The van der Waals surface area contributed by atoms with Crippen LogP contribution in [0.25, 0.3) is 0 Å². The van der Waals surface area contributed by atoms with Crippen molar-refractivity contribution in [2.45, 2.75) is 39.8 Å². The molecule has 1 unspecified atom stereocenters. The van der Waals surface area contributed by atoms with E-state index in [0.717, 1.165) is 11.5 Å². The lowest BCUT2D eigenvalue weighted by Gasteiger charge is -2.19. The van der Waals surface area contributed by atoms with Crippen molar-refractivity contribution in [3.05, 3.63) is 41.1 Å². The highest BCUT2D eigenvalue weighted by Crippen LogP contribution is 2.24. The van der Waals surface area contributed by atoms with Crippen LogP contribution in [0, 0.1) is 13.8 Å². The van der Waals surface area contributed by atoms with Crippen molar-refractivity contribution in [1.29, 1.82) is 0 Å². The van der Waals surface area contributed by atoms with Gasteiger partial charge in [-0.1, -0.05) is 0 Å². The minimum absolute atomic E-state index is 0.189. The molecule has 0 radical (unpaired) electrons. The molecule has 0 fully saturated rings. The predicted octanol–water partition coefficient (Wildman–Crippen LogP) is 3.04. The lowest BCUT2D eigenvalue weighted by molar-refractivity contribution is 0.402. The molecular formula is C14H21N3O. The second-order valence-electron chi connectivity index (χ2n) is 4.83. The topological polar surface area (TPSA) is 43.0 Å². The quantitative estimate of drug-likeness (QED) is 0.903. The summed E-state index contributed by atoms with van der Waals surface area (Å²) in [6.45, 7) is 8.43. The van der Waals surface area contributed by atoms with Crippen molar-refractivity contribution in [3.63, 3.8) is 0 Å². The molecule has 2 rings (SSSR count). The van der Waals surface area contributed by atoms with E-state index in [1.165, 1.54) is 11.3 Å². The maximum Gasteiger partial charge on any atom is 0.120 e. The van der Waals surface area contributed by atoms with Crippen molar-refractivity contribution >= 4 is 0 Å². The fraction of sp³-hybridized carbons (Fsp3) is 0.500. The van der Waals surface area contributed by atoms with Crippen LogP contribution in [0.3, 0.4) is 0 Å². The number of hydrogen-bond acceptors (Lipinski definition) is 3. The molecule has 18 heavy (non-hydrogen) atoms. The molecule has 0 bridgehead atoms. The zero-order chi connectivity index (χ0) is 13.3. The summed E-state index contributed by atoms with van der Waals surface area (Å²) >= 11 is 0. The van der Waals surface area contributed by atoms with Crippen LogP contribution < -0.4 is 5.32 Å². The summed E-state index contributed by atoms with van der Waals surface area (Å²) < 4.78 is 7.35. The SMILES string of the molecule is Cc1nn(C)c(C)c1C(C)N[C@H](C)c1ccco1. The molecule has 0 aliphatic heterocycles. The Morgan fingerprint density at radius 1 is 1.28 bits per heavy atom. The van der Waals surface area contributed by atoms with Crippen LogP contribution in [0.2, 0.25) is 0 Å². The summed E-state index contributed by atoms with van der Waals surface area (Å²) in [6, 6.07) is 4.35. The molecule has 2 aromatic heterocycles. The molecule has 0 saturated carbocycles. The monoisotopic (exact) mass is 247 g/mol. The van der Waals surface area contributed by atoms with Gasteiger partial charge in [0.1, 0.15) is 5.76 Å². The number of aryl methyl sites for hydroxylation is 2. The maximum absolute atomic E-state index is 5.41. The largest absolute Gasteiger partial charge is 0.468 e. The first-order chi connectivity index (χ1) is 8.50. The molecular weight excluding hydrogens is 226 g/mol. The second kappa shape index (κ2) is 4.98. The normalized spacial score (nSPS) is 14.7. The molecule has 2 heterocycles. The smallest absolute Gasteiger partial charge is 0.120 e. The van der Waals surface area contributed by atoms with Crippen LogP contribution in [0.15, 0.2) is 22.8 Å². The first-order valence-electron chi connectivity index (χ1n) is 6.30. The van der Waals surface area contributed by atoms with E-state index >= 15 is 0 Å². The van der Waals surface area contributed by atoms with E-state index in [0.29, 0.717) is 0 Å². The predicted molar refractivity (Wildman–Crippen MR) is 71.4 cm³/mol. The molecule has 4 heteroatoms. The molecule has 98 valence electrons. The number of furan rings is 1. The fourth-order valence-electron chi connectivity index (χ4n) is 2.49. The van der Waals surface area contributed by atoms with Crippen LogP contribution in [-0.2, 0) is 7.05 Å². The average Bonchev–Trinajstić information content (AvgIpc) is 2.88. The summed E-state index contributed by atoms with van der Waals surface area (Å²) in [5, 5.41) is 8.00. The van der Waals surface area contributed by atoms with Gasteiger partial charge >= 0.3 is 0 Å². The molecule has 4 nitrogen and oxygen atoms in total. The zero-order valence-electron chi connectivity index (χ0n) is 11.7. The van der Waals surface area contributed by atoms with Gasteiger partial charge in [-0.3, -0.25) is 4.68 Å². The lowest BCUT2D eigenvalue weighted by Crippen LogP contribution is -2.23. The minimum atomic E-state index is 0.189. The molecule has 0 spiro atoms. The van der Waals surface area contributed by atoms with Crippen molar-refractivity contribution < 1.29 is 4.42 Å². The molecule has 0 aromatic carbocycles. The van der Waals surface area contributed by atoms with E-state index in [1.807, 2.05) is 23.9 Å². The Bertz CT molecular complexity index is 513. The highest BCUT2D eigenvalue weighted by molar-refractivity contribution is 5.27. The Balaban J connectivity index is 2.15. The average molecular weight is 247 g/mol. The van der Waals surface area contributed by atoms with Crippen LogP contribution >= 0.6 is 0 Å². The fourth-order valence-corrected chi connectivity index (χ4v) is 2.49. The Kier molecular flexibility index (Phi) is 3.57. The first-order valence-corrected chi connectivity index (χ1v) is 6.30. The van der Waals surface area contributed by atoms with Crippen LogP contribution in [0.5, 0.6) is 0 Å². The third-order valence-corrected chi connectivity index (χ3v) is 3.47. The van der Waals surface area contributed by atoms with Gasteiger partial charge < -0.3 is 9.73 Å². The Hall–Kier alpha value is -1.55. The number of aromatic nitrogens is 2. The highest BCUT2D eigenvalue weighted by Gasteiger charge is 2.19. The molecule has 2 aromatic rings. The molecule has 2 atom stereocenters. The van der Waals surface area contributed by atoms with Gasteiger partial charge in [-0.15, -0.1) is 0 Å². The molecule has 0 aliphatic carbocycles. The molecule has 1 N–H and O–H groups in total. The van der Waals surface area contributed by atoms with E-state index < -0.39 is 0 Å². The van der Waals surface area contributed by atoms with Crippen LogP contribution in [-0.4, -0.2) is 9.78 Å². The molecule has 0 saturated heterocycles. The first kappa shape index (κ1) is 12.9. The minimum Gasteiger partial charge on any atom is -0.468 e. The Morgan fingerprint density at radius 2 is 2.00 bits per heavy atom. The van der Waals surface area contributed by atoms with Gasteiger partial charge in [-0.25, -0.2) is 0 Å². The van der Waals surface area contributed by atoms with Crippen molar-refractivity contribution in [1.82, 2.24) is 15.1 Å². The summed E-state index contributed by atoms with van der Waals surface area (Å²) in [6.07, 6.45) is 1.71. The van der Waals surface area contributed by atoms with Gasteiger partial charge in [0.25, 0.3) is 0 Å². The van der Waals surface area contributed by atoms with Gasteiger partial charge in [-0.05, 0) is 39.8 Å². The van der Waals surface area contributed by atoms with Crippen LogP contribution in [0.4, 0.5) is 0 Å². The highest BCUT2D eigenvalue weighted by atomic mass is 16.3. The Labute approximate surface area is 108 Å². The summed E-state index contributed by atoms with van der Waals surface area (Å²) in [5.74, 6) is 0.959. The van der Waals surface area contributed by atoms with Gasteiger partial charge in [-0.2, -0.15) is 5.10 Å². The van der Waals surface area contributed by atoms with Gasteiger partial charge in [0.05, 0.1) is 18.0 Å². The van der Waals surface area contributed by atoms with Crippen molar-refractivity contribution in [2.24, 2.45) is 7.05 Å². The van der Waals surface area contributed by atoms with E-state index in [2.05, 4.69) is 38.1 Å². The lowest BCUT2D eigenvalue weighted by atomic mass is 10.1. The molecule has 0 aliphatic rings. The third kappa shape index (κ3) is 2.34. The van der Waals surface area contributed by atoms with E-state index in [4.69, 9.17) is 4.42 Å². The molecule has 0 amide bonds. The Morgan fingerprint density at radius 3 is 2.50 bits per heavy atom. The number of nitrogens with one attached hydrogen (secondary N) is 1. The number of rotatable bonds is 4. The summed E-state index contributed by atoms with van der Waals surface area (Å²) in [4.78, 5) is 0. The summed E-state index contributed by atoms with van der Waals surface area (Å²) in [5.41, 5.74) is 3.57. The summed E-state index contributed by atoms with van der Waals surface area (Å²) in [7, 11) is 1.98. The van der Waals surface area contributed by atoms with Gasteiger partial charge in [0.15, 0.2) is 0 Å². The standard InChI is InChI=1S/C14H21N3O/c1-9(13-7-6-8-18-13)15-10(2)14-11(3)16-17(5)12(14)4/h6-10,15H,1-5H3/t9-,10?/m1/s1. The van der Waals surface area contributed by atoms with Crippen molar-refractivity contribution in [2.75, 3.05) is 0 Å².